The predicted octanol–water partition coefficient (Wildman–Crippen LogP) is 30.0. The maximum absolute atomic E-state index is 2.37. The molecule has 0 unspecified atom stereocenters. The second kappa shape index (κ2) is 49.9. The van der Waals surface area contributed by atoms with Gasteiger partial charge < -0.3 is 9.80 Å². The Morgan fingerprint density at radius 3 is 0.556 bits per heavy atom. The number of nitrogens with zero attached hydrogens (tertiary/aromatic N) is 2. The predicted molar refractivity (Wildman–Crippen MR) is 444 cm³/mol. The molecule has 2 nitrogen and oxygen atoms in total. The van der Waals surface area contributed by atoms with Crippen LogP contribution in [-0.4, -0.2) is 0 Å². The van der Waals surface area contributed by atoms with Gasteiger partial charge in [-0.05, 0) is 149 Å². The largest absolute Gasteiger partial charge is 0.310 e. The monoisotopic (exact) mass is 1310 g/mol. The van der Waals surface area contributed by atoms with Crippen LogP contribution in [0.3, 0.4) is 0 Å². The molecule has 0 N–H and O–H groups in total. The van der Waals surface area contributed by atoms with Crippen molar-refractivity contribution in [3.05, 3.63) is 396 Å². The van der Waals surface area contributed by atoms with Gasteiger partial charge in [-0.15, -0.1) is 0 Å². The molecule has 0 aromatic heterocycles. The fourth-order valence-corrected chi connectivity index (χ4v) is 10.3. The van der Waals surface area contributed by atoms with E-state index in [4.69, 9.17) is 0 Å². The molecule has 0 spiro atoms. The Balaban J connectivity index is 0.000000374. The summed E-state index contributed by atoms with van der Waals surface area (Å²) in [6, 6.07) is 123. The molecule has 0 bridgehead atoms. The summed E-state index contributed by atoms with van der Waals surface area (Å²) in [4.78, 5) is 4.74. The molecule has 13 aromatic carbocycles. The van der Waals surface area contributed by atoms with Crippen molar-refractivity contribution in [2.45, 2.75) is 131 Å². The summed E-state index contributed by atoms with van der Waals surface area (Å²) in [5.41, 5.74) is 24.6. The van der Waals surface area contributed by atoms with E-state index >= 15 is 0 Å². The van der Waals surface area contributed by atoms with Gasteiger partial charge in [-0.3, -0.25) is 0 Å². The molecule has 0 atom stereocenters. The molecule has 0 aliphatic carbocycles. The smallest absolute Gasteiger partial charge is 0.0547 e. The number of rotatable bonds is 9. The lowest BCUT2D eigenvalue weighted by molar-refractivity contribution is 1.09. The first-order valence-electron chi connectivity index (χ1n) is 35.7. The van der Waals surface area contributed by atoms with Crippen LogP contribution in [0.5, 0.6) is 0 Å². The van der Waals surface area contributed by atoms with E-state index in [2.05, 4.69) is 358 Å². The number of hydrogen-bond donors (Lipinski definition) is 0. The molecule has 0 saturated carbocycles. The van der Waals surface area contributed by atoms with Crippen LogP contribution in [0.15, 0.2) is 352 Å². The molecule has 512 valence electrons. The zero-order valence-corrected chi connectivity index (χ0v) is 63.1. The maximum Gasteiger partial charge on any atom is 0.0547 e. The number of para-hydroxylation sites is 4. The molecule has 13 rings (SSSR count). The minimum absolute atomic E-state index is 1.10. The molecular formula is C97H114N2. The number of benzene rings is 13. The normalized spacial score (nSPS) is 9.35. The number of hydrogen-bond acceptors (Lipinski definition) is 2. The van der Waals surface area contributed by atoms with Crippen molar-refractivity contribution in [2.24, 2.45) is 0 Å². The molecule has 2 heteroatoms. The Kier molecular flexibility index (Phi) is 41.7. The van der Waals surface area contributed by atoms with E-state index in [1.54, 1.807) is 0 Å². The Morgan fingerprint density at radius 1 is 0.202 bits per heavy atom. The topological polar surface area (TPSA) is 6.48 Å². The van der Waals surface area contributed by atoms with Gasteiger partial charge in [0.05, 0.1) is 11.4 Å². The van der Waals surface area contributed by atoms with E-state index in [9.17, 15) is 0 Å². The second-order valence-corrected chi connectivity index (χ2v) is 22.6. The highest BCUT2D eigenvalue weighted by atomic mass is 15.2. The summed E-state index contributed by atoms with van der Waals surface area (Å²) >= 11 is 0. The molecular weight excluding hydrogens is 1190 g/mol. The van der Waals surface area contributed by atoms with Gasteiger partial charge in [-0.1, -0.05) is 400 Å². The summed E-state index contributed by atoms with van der Waals surface area (Å²) in [6.07, 6.45) is 1.25. The van der Waals surface area contributed by atoms with Gasteiger partial charge in [0.1, 0.15) is 0 Å². The molecule has 13 aromatic rings. The van der Waals surface area contributed by atoms with Crippen LogP contribution in [0.4, 0.5) is 34.1 Å². The van der Waals surface area contributed by atoms with E-state index in [0.717, 1.165) is 45.3 Å². The highest BCUT2D eigenvalue weighted by molar-refractivity contribution is 6.04. The SMILES string of the molecule is CC.CC.CC.CC.CCC.Cc1ccc(-c2ccc(C)cc2C)c(C)c1.Cc1ccccc1.Cc1ccccc1.Cc1ccccc1.Cc1ccccc1.c1ccc(-c2c(N(c3ccccc3)c3ccccc3)ccc(N(c3ccccc3)c3ccccc3)c2-c2ccccc2)cc1. The summed E-state index contributed by atoms with van der Waals surface area (Å²) in [6.45, 7) is 37.2. The van der Waals surface area contributed by atoms with Crippen LogP contribution in [0, 0.1) is 55.4 Å². The lowest BCUT2D eigenvalue weighted by Gasteiger charge is -2.33. The fourth-order valence-electron chi connectivity index (χ4n) is 10.3. The van der Waals surface area contributed by atoms with Crippen molar-refractivity contribution in [2.75, 3.05) is 9.80 Å². The molecule has 0 aliphatic heterocycles. The number of anilines is 6. The molecule has 0 heterocycles. The average Bonchev–Trinajstić information content (AvgIpc) is 0.743. The lowest BCUT2D eigenvalue weighted by Crippen LogP contribution is -2.15. The van der Waals surface area contributed by atoms with Crippen molar-refractivity contribution in [3.63, 3.8) is 0 Å². The van der Waals surface area contributed by atoms with E-state index in [1.165, 1.54) is 73.2 Å². The van der Waals surface area contributed by atoms with Crippen LogP contribution in [0.2, 0.25) is 0 Å². The molecule has 0 radical (unpaired) electrons. The summed E-state index contributed by atoms with van der Waals surface area (Å²) in [5, 5.41) is 0. The van der Waals surface area contributed by atoms with Crippen molar-refractivity contribution in [3.8, 4) is 33.4 Å². The average molecular weight is 1310 g/mol. The first-order chi connectivity index (χ1) is 48.4. The van der Waals surface area contributed by atoms with Gasteiger partial charge in [0, 0.05) is 33.9 Å². The third-order valence-electron chi connectivity index (χ3n) is 14.6. The summed E-state index contributed by atoms with van der Waals surface area (Å²) in [5.74, 6) is 0. The molecule has 0 aliphatic rings. The highest BCUT2D eigenvalue weighted by Crippen LogP contribution is 2.51. The van der Waals surface area contributed by atoms with Crippen molar-refractivity contribution in [1.29, 1.82) is 0 Å². The lowest BCUT2D eigenvalue weighted by atomic mass is 9.89. The van der Waals surface area contributed by atoms with Gasteiger partial charge >= 0.3 is 0 Å². The van der Waals surface area contributed by atoms with Gasteiger partial charge in [0.15, 0.2) is 0 Å². The zero-order valence-electron chi connectivity index (χ0n) is 63.1. The second-order valence-electron chi connectivity index (χ2n) is 22.6. The van der Waals surface area contributed by atoms with E-state index in [0.29, 0.717) is 0 Å². The quantitative estimate of drug-likeness (QED) is 0.142. The zero-order chi connectivity index (χ0) is 72.4. The first kappa shape index (κ1) is 82.7. The maximum atomic E-state index is 2.37. The third kappa shape index (κ3) is 29.0. The van der Waals surface area contributed by atoms with Gasteiger partial charge in [0.25, 0.3) is 0 Å². The standard InChI is InChI=1S/C42H32N2.C16H18.4C7H8.C3H8.4C2H6/c1-7-19-33(20-8-1)41-39(43(35-23-11-3-12-24-35)36-25-13-4-14-26-36)31-32-40(42(41)34-21-9-2-10-22-34)44(37-27-15-5-16-28-37)38-29-17-6-18-30-38;1-11-5-7-15(13(3)9-11)16-8-6-12(2)10-14(16)4;4*1-7-5-3-2-4-6-7;1-3-2;4*1-2/h1-32H;5-10H,1-4H3;4*2-6H,1H3;3H2,1-2H3;4*1-2H3. The van der Waals surface area contributed by atoms with Crippen molar-refractivity contribution >= 4 is 34.1 Å². The minimum Gasteiger partial charge on any atom is -0.310 e. The number of aryl methyl sites for hydroxylation is 8. The van der Waals surface area contributed by atoms with Crippen molar-refractivity contribution in [1.82, 2.24) is 0 Å². The molecule has 0 amide bonds. The van der Waals surface area contributed by atoms with Crippen molar-refractivity contribution < 1.29 is 0 Å². The van der Waals surface area contributed by atoms with Gasteiger partial charge in [-0.25, -0.2) is 0 Å². The van der Waals surface area contributed by atoms with Crippen LogP contribution < -0.4 is 9.80 Å². The van der Waals surface area contributed by atoms with Crippen LogP contribution >= 0.6 is 0 Å². The third-order valence-corrected chi connectivity index (χ3v) is 14.6. The van der Waals surface area contributed by atoms with Crippen LogP contribution in [-0.2, 0) is 0 Å². The Hall–Kier alpha value is -10.5. The fraction of sp³-hybridized carbons (Fsp3) is 0.196. The van der Waals surface area contributed by atoms with Gasteiger partial charge in [0.2, 0.25) is 0 Å². The van der Waals surface area contributed by atoms with Crippen LogP contribution in [0.25, 0.3) is 33.4 Å². The minimum atomic E-state index is 1.10. The first-order valence-corrected chi connectivity index (χ1v) is 35.7. The van der Waals surface area contributed by atoms with E-state index in [-0.39, 0.29) is 0 Å². The van der Waals surface area contributed by atoms with E-state index < -0.39 is 0 Å². The molecule has 99 heavy (non-hydrogen) atoms. The Morgan fingerprint density at radius 2 is 0.384 bits per heavy atom. The summed E-state index contributed by atoms with van der Waals surface area (Å²) in [7, 11) is 0. The summed E-state index contributed by atoms with van der Waals surface area (Å²) < 4.78 is 0. The molecule has 0 fully saturated rings. The van der Waals surface area contributed by atoms with E-state index in [1.807, 2.05) is 128 Å². The Bertz CT molecular complexity index is 3640. The van der Waals surface area contributed by atoms with Gasteiger partial charge in [-0.2, -0.15) is 0 Å². The Labute approximate surface area is 601 Å². The highest BCUT2D eigenvalue weighted by Gasteiger charge is 2.26. The van der Waals surface area contributed by atoms with Crippen LogP contribution in [0.1, 0.15) is 120 Å². The molecule has 0 saturated heterocycles.